The summed E-state index contributed by atoms with van der Waals surface area (Å²) in [5, 5.41) is 15.3. The van der Waals surface area contributed by atoms with Gasteiger partial charge in [-0.05, 0) is 62.1 Å². The van der Waals surface area contributed by atoms with E-state index in [0.717, 1.165) is 29.7 Å². The number of hydrogen-bond acceptors (Lipinski definition) is 3. The molecule has 0 bridgehead atoms. The predicted molar refractivity (Wildman–Crippen MR) is 98.1 cm³/mol. The first-order chi connectivity index (χ1) is 12.0. The molecule has 0 aliphatic heterocycles. The number of carbonyl (C=O) groups excluding carboxylic acids is 1. The summed E-state index contributed by atoms with van der Waals surface area (Å²) in [7, 11) is 0. The summed E-state index contributed by atoms with van der Waals surface area (Å²) in [5.41, 5.74) is 4.53. The van der Waals surface area contributed by atoms with Gasteiger partial charge in [0.2, 0.25) is 0 Å². The topological polar surface area (TPSA) is 78.7 Å². The first-order valence-corrected chi connectivity index (χ1v) is 8.36. The van der Waals surface area contributed by atoms with Crippen LogP contribution < -0.4 is 10.6 Å². The van der Waals surface area contributed by atoms with Gasteiger partial charge in [0.05, 0.1) is 11.4 Å². The van der Waals surface area contributed by atoms with E-state index in [2.05, 4.69) is 27.8 Å². The van der Waals surface area contributed by atoms with Crippen molar-refractivity contribution in [1.82, 2.24) is 14.7 Å². The van der Waals surface area contributed by atoms with E-state index in [9.17, 15) is 9.90 Å². The molecule has 130 valence electrons. The van der Waals surface area contributed by atoms with E-state index in [-0.39, 0.29) is 11.8 Å². The number of carbonyl (C=O) groups is 1. The van der Waals surface area contributed by atoms with Crippen molar-refractivity contribution in [2.45, 2.75) is 26.7 Å². The van der Waals surface area contributed by atoms with E-state index >= 15 is 0 Å². The molecule has 0 spiro atoms. The average molecular weight is 338 g/mol. The van der Waals surface area contributed by atoms with Crippen LogP contribution in [0.4, 0.5) is 10.5 Å². The van der Waals surface area contributed by atoms with Gasteiger partial charge >= 0.3 is 6.03 Å². The van der Waals surface area contributed by atoms with Crippen molar-refractivity contribution in [2.24, 2.45) is 0 Å². The minimum absolute atomic E-state index is 0.0642. The predicted octanol–water partition coefficient (Wildman–Crippen LogP) is 3.27. The molecule has 0 radical (unpaired) electrons. The number of rotatable bonds is 5. The Morgan fingerprint density at radius 2 is 2.08 bits per heavy atom. The Morgan fingerprint density at radius 3 is 2.84 bits per heavy atom. The van der Waals surface area contributed by atoms with Crippen molar-refractivity contribution in [3.8, 4) is 5.75 Å². The maximum Gasteiger partial charge on any atom is 0.319 e. The lowest BCUT2D eigenvalue weighted by Gasteiger charge is -2.09. The van der Waals surface area contributed by atoms with Gasteiger partial charge < -0.3 is 20.1 Å². The molecule has 25 heavy (non-hydrogen) atoms. The number of imidazole rings is 1. The summed E-state index contributed by atoms with van der Waals surface area (Å²) in [6.45, 7) is 4.42. The van der Waals surface area contributed by atoms with E-state index in [4.69, 9.17) is 0 Å². The fraction of sp³-hybridized carbons (Fsp3) is 0.263. The Labute approximate surface area is 146 Å². The van der Waals surface area contributed by atoms with Gasteiger partial charge in [-0.15, -0.1) is 0 Å². The maximum atomic E-state index is 11.5. The molecule has 2 aromatic heterocycles. The lowest BCUT2D eigenvalue weighted by Crippen LogP contribution is -2.28. The van der Waals surface area contributed by atoms with E-state index in [0.29, 0.717) is 12.2 Å². The molecule has 0 atom stereocenters. The summed E-state index contributed by atoms with van der Waals surface area (Å²) in [4.78, 5) is 16.1. The number of aromatic hydroxyl groups is 1. The van der Waals surface area contributed by atoms with E-state index in [1.165, 1.54) is 5.56 Å². The number of hydrogen-bond donors (Lipinski definition) is 3. The Balaban J connectivity index is 1.66. The smallest absolute Gasteiger partial charge is 0.319 e. The summed E-state index contributed by atoms with van der Waals surface area (Å²) < 4.78 is 2.01. The number of nitrogens with one attached hydrogen (secondary N) is 2. The summed E-state index contributed by atoms with van der Waals surface area (Å²) >= 11 is 0. The number of fused-ring (bicyclic) bond motifs is 1. The van der Waals surface area contributed by atoms with Gasteiger partial charge in [-0.25, -0.2) is 9.78 Å². The average Bonchev–Trinajstić information content (AvgIpc) is 2.97. The van der Waals surface area contributed by atoms with Crippen LogP contribution >= 0.6 is 0 Å². The van der Waals surface area contributed by atoms with Crippen LogP contribution in [-0.4, -0.2) is 27.1 Å². The minimum atomic E-state index is -0.328. The van der Waals surface area contributed by atoms with Gasteiger partial charge in [-0.1, -0.05) is 6.07 Å². The molecule has 2 heterocycles. The van der Waals surface area contributed by atoms with Gasteiger partial charge in [0.25, 0.3) is 0 Å². The maximum absolute atomic E-state index is 11.5. The summed E-state index contributed by atoms with van der Waals surface area (Å²) in [5.74, 6) is 0.0642. The number of phenolic OH excluding ortho intramolecular Hbond substituents is 1. The minimum Gasteiger partial charge on any atom is -0.506 e. The molecule has 3 N–H and O–H groups in total. The van der Waals surface area contributed by atoms with Crippen molar-refractivity contribution in [2.75, 3.05) is 11.9 Å². The number of benzene rings is 1. The molecule has 0 fully saturated rings. The Hall–Kier alpha value is -3.02. The lowest BCUT2D eigenvalue weighted by molar-refractivity contribution is 0.252. The van der Waals surface area contributed by atoms with Crippen LogP contribution in [0.15, 0.2) is 42.7 Å². The highest BCUT2D eigenvalue weighted by molar-refractivity contribution is 5.90. The third kappa shape index (κ3) is 4.09. The van der Waals surface area contributed by atoms with E-state index in [1.807, 2.05) is 36.7 Å². The monoisotopic (exact) mass is 338 g/mol. The molecule has 0 aliphatic carbocycles. The van der Waals surface area contributed by atoms with Gasteiger partial charge in [0.1, 0.15) is 11.4 Å². The lowest BCUT2D eigenvalue weighted by atomic mass is 10.1. The zero-order valence-corrected chi connectivity index (χ0v) is 14.4. The second kappa shape index (κ2) is 7.25. The SMILES string of the molecule is CCNC(=O)Nc1ccc(CCc2cn3ccc(C)cc3n2)cc1O. The molecule has 6 heteroatoms. The van der Waals surface area contributed by atoms with Crippen LogP contribution in [0.5, 0.6) is 5.75 Å². The molecule has 0 unspecified atom stereocenters. The van der Waals surface area contributed by atoms with Crippen molar-refractivity contribution >= 4 is 17.4 Å². The van der Waals surface area contributed by atoms with Gasteiger partial charge in [-0.2, -0.15) is 0 Å². The quantitative estimate of drug-likeness (QED) is 0.625. The van der Waals surface area contributed by atoms with Crippen molar-refractivity contribution in [3.05, 3.63) is 59.5 Å². The molecule has 3 aromatic rings. The number of urea groups is 1. The third-order valence-corrected chi connectivity index (χ3v) is 3.98. The molecule has 2 amide bonds. The van der Waals surface area contributed by atoms with Gasteiger partial charge in [0, 0.05) is 18.9 Å². The molecule has 3 rings (SSSR count). The summed E-state index contributed by atoms with van der Waals surface area (Å²) in [6, 6.07) is 9.08. The molecule has 0 aliphatic rings. The second-order valence-electron chi connectivity index (χ2n) is 6.04. The third-order valence-electron chi connectivity index (χ3n) is 3.98. The molecular weight excluding hydrogens is 316 g/mol. The molecule has 0 saturated heterocycles. The van der Waals surface area contributed by atoms with Gasteiger partial charge in [0.15, 0.2) is 0 Å². The number of amides is 2. The fourth-order valence-electron chi connectivity index (χ4n) is 2.69. The summed E-state index contributed by atoms with van der Waals surface area (Å²) in [6.07, 6.45) is 5.58. The highest BCUT2D eigenvalue weighted by atomic mass is 16.3. The Morgan fingerprint density at radius 1 is 1.24 bits per heavy atom. The molecule has 6 nitrogen and oxygen atoms in total. The number of pyridine rings is 1. The van der Waals surface area contributed by atoms with Crippen molar-refractivity contribution in [1.29, 1.82) is 0 Å². The highest BCUT2D eigenvalue weighted by Crippen LogP contribution is 2.25. The van der Waals surface area contributed by atoms with Crippen LogP contribution in [0.1, 0.15) is 23.7 Å². The van der Waals surface area contributed by atoms with E-state index < -0.39 is 0 Å². The largest absolute Gasteiger partial charge is 0.506 e. The van der Waals surface area contributed by atoms with Crippen LogP contribution in [0.25, 0.3) is 5.65 Å². The number of nitrogens with zero attached hydrogens (tertiary/aromatic N) is 2. The van der Waals surface area contributed by atoms with Crippen LogP contribution in [-0.2, 0) is 12.8 Å². The Bertz CT molecular complexity index is 902. The first kappa shape index (κ1) is 16.8. The van der Waals surface area contributed by atoms with Gasteiger partial charge in [-0.3, -0.25) is 0 Å². The van der Waals surface area contributed by atoms with E-state index in [1.54, 1.807) is 12.1 Å². The van der Waals surface area contributed by atoms with Crippen LogP contribution in [0, 0.1) is 6.92 Å². The number of aromatic nitrogens is 2. The molecular formula is C19H22N4O2. The Kier molecular flexibility index (Phi) is 4.88. The standard InChI is InChI=1S/C19H22N4O2/c1-3-20-19(25)22-16-7-5-14(11-17(16)24)4-6-15-12-23-9-8-13(2)10-18(23)21-15/h5,7-12,24H,3-4,6H2,1-2H3,(H2,20,22,25). The van der Waals surface area contributed by atoms with Crippen molar-refractivity contribution in [3.63, 3.8) is 0 Å². The normalized spacial score (nSPS) is 10.8. The fourth-order valence-corrected chi connectivity index (χ4v) is 2.69. The second-order valence-corrected chi connectivity index (χ2v) is 6.04. The number of aryl methyl sites for hydroxylation is 3. The molecule has 1 aromatic carbocycles. The van der Waals surface area contributed by atoms with Crippen LogP contribution in [0.3, 0.4) is 0 Å². The van der Waals surface area contributed by atoms with Crippen LogP contribution in [0.2, 0.25) is 0 Å². The van der Waals surface area contributed by atoms with Crippen molar-refractivity contribution < 1.29 is 9.90 Å². The number of anilines is 1. The molecule has 0 saturated carbocycles. The first-order valence-electron chi connectivity index (χ1n) is 8.36. The zero-order chi connectivity index (χ0) is 17.8. The number of phenols is 1. The highest BCUT2D eigenvalue weighted by Gasteiger charge is 2.07. The zero-order valence-electron chi connectivity index (χ0n) is 14.4.